The average molecular weight is 696 g/mol. The van der Waals surface area contributed by atoms with Crippen LogP contribution in [0.1, 0.15) is 108 Å². The van der Waals surface area contributed by atoms with Crippen LogP contribution in [0.4, 0.5) is 5.69 Å². The zero-order valence-corrected chi connectivity index (χ0v) is 29.9. The Kier molecular flexibility index (Phi) is 9.38. The number of anilines is 1. The van der Waals surface area contributed by atoms with Gasteiger partial charge in [0.25, 0.3) is 0 Å². The van der Waals surface area contributed by atoms with Gasteiger partial charge < -0.3 is 32.1 Å². The van der Waals surface area contributed by atoms with Gasteiger partial charge in [0.1, 0.15) is 0 Å². The number of nitrogens with one attached hydrogen (secondary N) is 4. The zero-order chi connectivity index (χ0) is 35.2. The van der Waals surface area contributed by atoms with Crippen molar-refractivity contribution in [2.45, 2.75) is 123 Å². The smallest absolute Gasteiger partial charge is 0.335 e. The molecule has 52 heavy (non-hydrogen) atoms. The van der Waals surface area contributed by atoms with E-state index in [1.807, 2.05) is 0 Å². The van der Waals surface area contributed by atoms with Crippen molar-refractivity contribution in [3.63, 3.8) is 0 Å². The van der Waals surface area contributed by atoms with E-state index in [2.05, 4.69) is 118 Å². The molecule has 8 bridgehead atoms. The molecule has 7 heteroatoms. The Morgan fingerprint density at radius 2 is 0.692 bits per heavy atom. The molecule has 10 unspecified atom stereocenters. The van der Waals surface area contributed by atoms with Gasteiger partial charge in [0.2, 0.25) is 0 Å². The Labute approximate surface area is 308 Å². The molecule has 5 saturated heterocycles. The molecule has 0 radical (unpaired) electrons. The van der Waals surface area contributed by atoms with Crippen LogP contribution in [0.15, 0.2) is 109 Å². The maximum atomic E-state index is 11.9. The van der Waals surface area contributed by atoms with E-state index >= 15 is 0 Å². The maximum Gasteiger partial charge on any atom is 0.335 e. The monoisotopic (exact) mass is 695 g/mol. The number of nitrogens with two attached hydrogens (primary N) is 1. The number of carboxylic acid groups (broad SMARTS) is 1. The predicted octanol–water partition coefficient (Wildman–Crippen LogP) is 6.90. The maximum absolute atomic E-state index is 11.9. The third-order valence-corrected chi connectivity index (χ3v) is 13.6. The second kappa shape index (κ2) is 14.4. The van der Waals surface area contributed by atoms with Crippen molar-refractivity contribution < 1.29 is 9.90 Å². The van der Waals surface area contributed by atoms with Crippen LogP contribution in [0.2, 0.25) is 0 Å². The first kappa shape index (κ1) is 33.8. The third kappa shape index (κ3) is 6.47. The quantitative estimate of drug-likeness (QED) is 0.126. The molecule has 0 aromatic heterocycles. The highest BCUT2D eigenvalue weighted by Gasteiger charge is 2.49. The fraction of sp³-hybridized carbons (Fsp3) is 0.444. The summed E-state index contributed by atoms with van der Waals surface area (Å²) in [6, 6.07) is 41.7. The lowest BCUT2D eigenvalue weighted by atomic mass is 9.82. The Hall–Kier alpha value is -4.01. The van der Waals surface area contributed by atoms with Gasteiger partial charge in [-0.2, -0.15) is 0 Å². The topological polar surface area (TPSA) is 111 Å². The summed E-state index contributed by atoms with van der Waals surface area (Å²) in [6.45, 7) is 0. The first-order valence-corrected chi connectivity index (χ1v) is 19.8. The van der Waals surface area contributed by atoms with Gasteiger partial charge in [0.05, 0.1) is 5.56 Å². The molecule has 7 N–H and O–H groups in total. The lowest BCUT2D eigenvalue weighted by Gasteiger charge is -2.37. The Morgan fingerprint density at radius 3 is 0.981 bits per heavy atom. The van der Waals surface area contributed by atoms with Crippen molar-refractivity contribution in [1.82, 2.24) is 21.3 Å². The van der Waals surface area contributed by atoms with Crippen LogP contribution in [0.25, 0.3) is 0 Å². The van der Waals surface area contributed by atoms with Crippen molar-refractivity contribution in [2.24, 2.45) is 0 Å². The van der Waals surface area contributed by atoms with E-state index in [0.717, 1.165) is 57.1 Å². The molecule has 10 atom stereocenters. The van der Waals surface area contributed by atoms with E-state index < -0.39 is 5.97 Å². The number of rotatable bonds is 5. The van der Waals surface area contributed by atoms with Crippen LogP contribution >= 0.6 is 0 Å². The molecule has 270 valence electrons. The number of hydrogen-bond donors (Lipinski definition) is 6. The van der Waals surface area contributed by atoms with Crippen LogP contribution in [0.3, 0.4) is 0 Å². The number of benzene rings is 4. The summed E-state index contributed by atoms with van der Waals surface area (Å²) < 4.78 is 0. The highest BCUT2D eigenvalue weighted by Crippen LogP contribution is 2.45. The van der Waals surface area contributed by atoms with E-state index in [9.17, 15) is 9.90 Å². The standard InChI is InChI=1S/C45H53N5O2/c46-32-17-15-30(16-18-32)44-39-25-21-35(49-39)41(27-7-3-1-4-8-27)33-19-23-37(47-33)43(29-11-13-31(14-12-29)45(51)52)38-24-20-34(48-38)42(28-9-5-2-6-10-28)36-22-26-40(44)50-36/h1-18,33-44,47-50H,19-26,46H2,(H,51,52). The molecule has 0 saturated carbocycles. The number of carboxylic acids is 1. The van der Waals surface area contributed by atoms with Gasteiger partial charge in [-0.15, -0.1) is 0 Å². The molecule has 5 heterocycles. The van der Waals surface area contributed by atoms with Gasteiger partial charge in [-0.1, -0.05) is 84.9 Å². The fourth-order valence-electron chi connectivity index (χ4n) is 11.4. The minimum Gasteiger partial charge on any atom is -0.478 e. The molecule has 7 nitrogen and oxygen atoms in total. The van der Waals surface area contributed by atoms with Gasteiger partial charge in [0, 0.05) is 77.7 Å². The minimum atomic E-state index is -0.873. The van der Waals surface area contributed by atoms with E-state index in [-0.39, 0.29) is 5.92 Å². The summed E-state index contributed by atoms with van der Waals surface area (Å²) in [6.07, 6.45) is 9.02. The summed E-state index contributed by atoms with van der Waals surface area (Å²) >= 11 is 0. The molecule has 5 fully saturated rings. The van der Waals surface area contributed by atoms with Crippen molar-refractivity contribution in [3.05, 3.63) is 137 Å². The van der Waals surface area contributed by atoms with Gasteiger partial charge in [-0.3, -0.25) is 0 Å². The molecule has 0 aliphatic carbocycles. The molecule has 0 spiro atoms. The van der Waals surface area contributed by atoms with Gasteiger partial charge >= 0.3 is 5.97 Å². The van der Waals surface area contributed by atoms with E-state index in [1.165, 1.54) is 22.3 Å². The number of fused-ring (bicyclic) bond motifs is 8. The normalized spacial score (nSPS) is 35.8. The lowest BCUT2D eigenvalue weighted by molar-refractivity contribution is 0.0697. The molecular formula is C45H53N5O2. The van der Waals surface area contributed by atoms with Gasteiger partial charge in [-0.25, -0.2) is 4.79 Å². The second-order valence-electron chi connectivity index (χ2n) is 16.3. The predicted molar refractivity (Wildman–Crippen MR) is 208 cm³/mol. The van der Waals surface area contributed by atoms with Gasteiger partial charge in [0.15, 0.2) is 0 Å². The Balaban J connectivity index is 1.13. The zero-order valence-electron chi connectivity index (χ0n) is 29.9. The highest BCUT2D eigenvalue weighted by atomic mass is 16.4. The van der Waals surface area contributed by atoms with Crippen molar-refractivity contribution >= 4 is 11.7 Å². The molecular weight excluding hydrogens is 643 g/mol. The first-order chi connectivity index (χ1) is 25.5. The Morgan fingerprint density at radius 1 is 0.423 bits per heavy atom. The minimum absolute atomic E-state index is 0.238. The van der Waals surface area contributed by atoms with Crippen LogP contribution in [-0.4, -0.2) is 59.4 Å². The third-order valence-electron chi connectivity index (χ3n) is 13.6. The summed E-state index contributed by atoms with van der Waals surface area (Å²) in [5.74, 6) is 0.414. The second-order valence-corrected chi connectivity index (χ2v) is 16.3. The molecule has 5 aliphatic heterocycles. The number of carbonyl (C=O) groups is 1. The van der Waals surface area contributed by atoms with Crippen LogP contribution in [-0.2, 0) is 0 Å². The summed E-state index contributed by atoms with van der Waals surface area (Å²) in [5, 5.41) is 26.9. The van der Waals surface area contributed by atoms with Crippen molar-refractivity contribution in [2.75, 3.05) is 5.73 Å². The highest BCUT2D eigenvalue weighted by molar-refractivity contribution is 5.87. The molecule has 4 aromatic rings. The van der Waals surface area contributed by atoms with E-state index in [0.29, 0.717) is 71.7 Å². The van der Waals surface area contributed by atoms with Crippen molar-refractivity contribution in [3.8, 4) is 0 Å². The Bertz CT molecular complexity index is 1730. The number of nitrogen functional groups attached to an aromatic ring is 1. The summed E-state index contributed by atoms with van der Waals surface area (Å²) in [4.78, 5) is 11.9. The molecule has 5 aliphatic rings. The number of aromatic carboxylic acids is 1. The molecule has 9 rings (SSSR count). The van der Waals surface area contributed by atoms with Crippen LogP contribution < -0.4 is 27.0 Å². The first-order valence-electron chi connectivity index (χ1n) is 19.8. The van der Waals surface area contributed by atoms with Gasteiger partial charge in [-0.05, 0) is 97.9 Å². The molecule has 4 aromatic carbocycles. The lowest BCUT2D eigenvalue weighted by Crippen LogP contribution is -2.51. The fourth-order valence-corrected chi connectivity index (χ4v) is 11.4. The van der Waals surface area contributed by atoms with Crippen LogP contribution in [0, 0.1) is 0 Å². The summed E-state index contributed by atoms with van der Waals surface area (Å²) in [5.41, 5.74) is 12.8. The van der Waals surface area contributed by atoms with Crippen molar-refractivity contribution in [1.29, 1.82) is 0 Å². The largest absolute Gasteiger partial charge is 0.478 e. The van der Waals surface area contributed by atoms with E-state index in [1.54, 1.807) is 12.1 Å². The van der Waals surface area contributed by atoms with Crippen LogP contribution in [0.5, 0.6) is 0 Å². The summed E-state index contributed by atoms with van der Waals surface area (Å²) in [7, 11) is 0. The van der Waals surface area contributed by atoms with E-state index in [4.69, 9.17) is 5.73 Å². The number of hydrogen-bond acceptors (Lipinski definition) is 6. The average Bonchev–Trinajstić information content (AvgIpc) is 4.01. The SMILES string of the molecule is Nc1ccc(C2C3CCC(N3)C(c3ccccc3)C3CCC(N3)C(c3ccc(C(=O)O)cc3)C3CCC(N3)C(c3ccccc3)C3CCC2N3)cc1. The molecule has 0 amide bonds.